The van der Waals surface area contributed by atoms with Gasteiger partial charge in [0.15, 0.2) is 0 Å². The topological polar surface area (TPSA) is 29.9 Å². The molecule has 1 N–H and O–H groups in total. The molecule has 0 saturated carbocycles. The Morgan fingerprint density at radius 1 is 1.17 bits per heavy atom. The molecule has 0 spiro atoms. The van der Waals surface area contributed by atoms with Crippen LogP contribution in [0.5, 0.6) is 0 Å². The molecule has 0 saturated heterocycles. The number of hydrogen-bond acceptors (Lipinski definition) is 2. The summed E-state index contributed by atoms with van der Waals surface area (Å²) in [4.78, 5) is 0. The monoisotopic (exact) mass is 251 g/mol. The van der Waals surface area contributed by atoms with E-state index in [-0.39, 0.29) is 0 Å². The third-order valence-corrected chi connectivity index (χ3v) is 3.64. The van der Waals surface area contributed by atoms with E-state index in [9.17, 15) is 0 Å². The molecule has 0 radical (unpaired) electrons. The summed E-state index contributed by atoms with van der Waals surface area (Å²) < 4.78 is 1.95. The van der Waals surface area contributed by atoms with Crippen LogP contribution in [0.4, 0.5) is 5.69 Å². The smallest absolute Gasteiger partial charge is 0.0827 e. The van der Waals surface area contributed by atoms with Gasteiger partial charge in [-0.25, -0.2) is 0 Å². The molecule has 0 amide bonds. The van der Waals surface area contributed by atoms with E-state index in [0.29, 0.717) is 6.04 Å². The van der Waals surface area contributed by atoms with Crippen LogP contribution in [0.25, 0.3) is 0 Å². The zero-order valence-corrected chi connectivity index (χ0v) is 12.7. The predicted octanol–water partition coefficient (Wildman–Crippen LogP) is 4.20. The fourth-order valence-corrected chi connectivity index (χ4v) is 2.36. The molecule has 18 heavy (non-hydrogen) atoms. The van der Waals surface area contributed by atoms with Crippen LogP contribution in [-0.4, -0.2) is 15.8 Å². The number of unbranched alkanes of at least 4 members (excludes halogenated alkanes) is 4. The summed E-state index contributed by atoms with van der Waals surface area (Å²) in [6, 6.07) is 0.535. The standard InChI is InChI=1S/C15H29N3/c1-6-7-8-9-10-11-12(2)16-15-13(3)17-18(5)14(15)4/h12,16H,6-11H2,1-5H3. The van der Waals surface area contributed by atoms with Gasteiger partial charge in [0.2, 0.25) is 0 Å². The van der Waals surface area contributed by atoms with E-state index in [1.165, 1.54) is 49.9 Å². The molecule has 1 unspecified atom stereocenters. The van der Waals surface area contributed by atoms with Crippen molar-refractivity contribution in [2.24, 2.45) is 7.05 Å². The van der Waals surface area contributed by atoms with E-state index >= 15 is 0 Å². The van der Waals surface area contributed by atoms with Crippen molar-refractivity contribution in [3.05, 3.63) is 11.4 Å². The second-order valence-electron chi connectivity index (χ2n) is 5.42. The summed E-state index contributed by atoms with van der Waals surface area (Å²) in [5.41, 5.74) is 3.55. The first kappa shape index (κ1) is 15.1. The number of aromatic nitrogens is 2. The molecule has 1 aromatic rings. The first-order chi connectivity index (χ1) is 8.56. The number of nitrogens with zero attached hydrogens (tertiary/aromatic N) is 2. The van der Waals surface area contributed by atoms with E-state index in [0.717, 1.165) is 5.69 Å². The Labute approximate surface area is 112 Å². The quantitative estimate of drug-likeness (QED) is 0.702. The summed E-state index contributed by atoms with van der Waals surface area (Å²) in [5, 5.41) is 8.05. The Hall–Kier alpha value is -0.990. The van der Waals surface area contributed by atoms with Crippen LogP contribution in [0.3, 0.4) is 0 Å². The lowest BCUT2D eigenvalue weighted by atomic mass is 10.1. The highest BCUT2D eigenvalue weighted by atomic mass is 15.3. The van der Waals surface area contributed by atoms with Crippen LogP contribution in [-0.2, 0) is 7.05 Å². The number of anilines is 1. The highest BCUT2D eigenvalue weighted by Gasteiger charge is 2.11. The van der Waals surface area contributed by atoms with Crippen LogP contribution in [0.2, 0.25) is 0 Å². The Bertz CT molecular complexity index is 355. The van der Waals surface area contributed by atoms with Crippen LogP contribution in [0.1, 0.15) is 63.8 Å². The average molecular weight is 251 g/mol. The van der Waals surface area contributed by atoms with Gasteiger partial charge in [0, 0.05) is 13.1 Å². The van der Waals surface area contributed by atoms with Gasteiger partial charge >= 0.3 is 0 Å². The fraction of sp³-hybridized carbons (Fsp3) is 0.800. The second-order valence-corrected chi connectivity index (χ2v) is 5.42. The molecule has 0 bridgehead atoms. The largest absolute Gasteiger partial charge is 0.380 e. The van der Waals surface area contributed by atoms with Crippen LogP contribution in [0, 0.1) is 13.8 Å². The summed E-state index contributed by atoms with van der Waals surface area (Å²) in [6.07, 6.45) is 8.02. The van der Waals surface area contributed by atoms with E-state index in [2.05, 4.69) is 38.1 Å². The van der Waals surface area contributed by atoms with E-state index < -0.39 is 0 Å². The molecule has 0 aliphatic rings. The lowest BCUT2D eigenvalue weighted by molar-refractivity contribution is 0.578. The molecule has 3 heteroatoms. The predicted molar refractivity (Wildman–Crippen MR) is 79.1 cm³/mol. The maximum absolute atomic E-state index is 4.44. The summed E-state index contributed by atoms with van der Waals surface area (Å²) >= 11 is 0. The first-order valence-electron chi connectivity index (χ1n) is 7.33. The average Bonchev–Trinajstić information content (AvgIpc) is 2.56. The van der Waals surface area contributed by atoms with Crippen molar-refractivity contribution >= 4 is 5.69 Å². The zero-order valence-electron chi connectivity index (χ0n) is 12.7. The van der Waals surface area contributed by atoms with E-state index in [4.69, 9.17) is 0 Å². The summed E-state index contributed by atoms with van der Waals surface area (Å²) in [5.74, 6) is 0. The molecule has 0 aromatic carbocycles. The lowest BCUT2D eigenvalue weighted by Gasteiger charge is -2.15. The van der Waals surface area contributed by atoms with Gasteiger partial charge in [0.1, 0.15) is 0 Å². The molecular formula is C15H29N3. The van der Waals surface area contributed by atoms with Crippen LogP contribution < -0.4 is 5.32 Å². The first-order valence-corrected chi connectivity index (χ1v) is 7.33. The molecule has 3 nitrogen and oxygen atoms in total. The normalized spacial score (nSPS) is 12.7. The molecule has 1 atom stereocenters. The van der Waals surface area contributed by atoms with Gasteiger partial charge in [-0.3, -0.25) is 4.68 Å². The zero-order chi connectivity index (χ0) is 13.5. The number of hydrogen-bond donors (Lipinski definition) is 1. The van der Waals surface area contributed by atoms with Crippen molar-refractivity contribution in [2.45, 2.75) is 72.3 Å². The molecular weight excluding hydrogens is 222 g/mol. The van der Waals surface area contributed by atoms with Crippen molar-refractivity contribution in [1.82, 2.24) is 9.78 Å². The highest BCUT2D eigenvalue weighted by molar-refractivity contribution is 5.52. The van der Waals surface area contributed by atoms with Crippen molar-refractivity contribution in [1.29, 1.82) is 0 Å². The van der Waals surface area contributed by atoms with Gasteiger partial charge in [-0.1, -0.05) is 39.0 Å². The van der Waals surface area contributed by atoms with Crippen molar-refractivity contribution < 1.29 is 0 Å². The van der Waals surface area contributed by atoms with Gasteiger partial charge in [-0.15, -0.1) is 0 Å². The molecule has 104 valence electrons. The lowest BCUT2D eigenvalue weighted by Crippen LogP contribution is -2.16. The van der Waals surface area contributed by atoms with Crippen molar-refractivity contribution in [2.75, 3.05) is 5.32 Å². The van der Waals surface area contributed by atoms with Gasteiger partial charge in [0.05, 0.1) is 17.1 Å². The van der Waals surface area contributed by atoms with Crippen LogP contribution in [0.15, 0.2) is 0 Å². The summed E-state index contributed by atoms with van der Waals surface area (Å²) in [6.45, 7) is 8.73. The molecule has 0 aliphatic heterocycles. The fourth-order valence-electron chi connectivity index (χ4n) is 2.36. The minimum atomic E-state index is 0.535. The second kappa shape index (κ2) is 7.45. The maximum Gasteiger partial charge on any atom is 0.0827 e. The highest BCUT2D eigenvalue weighted by Crippen LogP contribution is 2.20. The molecule has 1 aromatic heterocycles. The number of rotatable bonds is 8. The van der Waals surface area contributed by atoms with Crippen molar-refractivity contribution in [3.8, 4) is 0 Å². The Morgan fingerprint density at radius 2 is 1.83 bits per heavy atom. The van der Waals surface area contributed by atoms with E-state index in [1.54, 1.807) is 0 Å². The third kappa shape index (κ3) is 4.35. The Balaban J connectivity index is 2.33. The Morgan fingerprint density at radius 3 is 2.39 bits per heavy atom. The van der Waals surface area contributed by atoms with Gasteiger partial charge in [0.25, 0.3) is 0 Å². The minimum Gasteiger partial charge on any atom is -0.380 e. The maximum atomic E-state index is 4.44. The van der Waals surface area contributed by atoms with E-state index in [1.807, 2.05) is 11.7 Å². The number of nitrogens with one attached hydrogen (secondary N) is 1. The molecule has 0 aliphatic carbocycles. The summed E-state index contributed by atoms with van der Waals surface area (Å²) in [7, 11) is 2.00. The molecule has 1 rings (SSSR count). The van der Waals surface area contributed by atoms with Gasteiger partial charge in [-0.2, -0.15) is 5.10 Å². The van der Waals surface area contributed by atoms with Crippen LogP contribution >= 0.6 is 0 Å². The third-order valence-electron chi connectivity index (χ3n) is 3.64. The molecule has 0 fully saturated rings. The molecule has 1 heterocycles. The van der Waals surface area contributed by atoms with Crippen molar-refractivity contribution in [3.63, 3.8) is 0 Å². The number of aryl methyl sites for hydroxylation is 2. The SMILES string of the molecule is CCCCCCCC(C)Nc1c(C)nn(C)c1C. The minimum absolute atomic E-state index is 0.535. The van der Waals surface area contributed by atoms with Gasteiger partial charge < -0.3 is 5.32 Å². The Kier molecular flexibility index (Phi) is 6.23. The van der Waals surface area contributed by atoms with Gasteiger partial charge in [-0.05, 0) is 27.2 Å².